The van der Waals surface area contributed by atoms with Crippen LogP contribution < -0.4 is 10.3 Å². The van der Waals surface area contributed by atoms with Crippen LogP contribution >= 0.6 is 0 Å². The number of H-pyrrole nitrogens is 1. The van der Waals surface area contributed by atoms with Gasteiger partial charge in [-0.05, 0) is 36.4 Å². The van der Waals surface area contributed by atoms with Gasteiger partial charge < -0.3 is 9.72 Å². The molecule has 1 heterocycles. The summed E-state index contributed by atoms with van der Waals surface area (Å²) in [7, 11) is 0. The van der Waals surface area contributed by atoms with Crippen LogP contribution in [0.2, 0.25) is 0 Å². The highest BCUT2D eigenvalue weighted by molar-refractivity contribution is 5.79. The Morgan fingerprint density at radius 1 is 1.00 bits per heavy atom. The molecule has 10 heteroatoms. The minimum Gasteiger partial charge on any atom is -0.450 e. The quantitative estimate of drug-likeness (QED) is 0.352. The average Bonchev–Trinajstić information content (AvgIpc) is 2.73. The number of hydrogen-bond donors (Lipinski definition) is 1. The number of nitrogens with zero attached hydrogens (tertiary/aromatic N) is 2. The van der Waals surface area contributed by atoms with Crippen molar-refractivity contribution >= 4 is 16.6 Å². The molecule has 0 atom stereocenters. The van der Waals surface area contributed by atoms with Gasteiger partial charge in [-0.15, -0.1) is 0 Å². The molecule has 0 aliphatic carbocycles. The minimum absolute atomic E-state index is 0.121. The molecule has 0 fully saturated rings. The number of nitro benzene ring substituents is 1. The lowest BCUT2D eigenvalue weighted by atomic mass is 10.1. The van der Waals surface area contributed by atoms with Crippen molar-refractivity contribution in [2.24, 2.45) is 0 Å². The minimum atomic E-state index is -4.73. The van der Waals surface area contributed by atoms with E-state index < -0.39 is 22.4 Å². The highest BCUT2D eigenvalue weighted by Gasteiger charge is 2.33. The van der Waals surface area contributed by atoms with E-state index >= 15 is 0 Å². The van der Waals surface area contributed by atoms with Crippen molar-refractivity contribution in [1.82, 2.24) is 9.97 Å². The molecule has 1 N–H and O–H groups in total. The molecule has 0 saturated heterocycles. The first-order valence-electron chi connectivity index (χ1n) is 8.85. The van der Waals surface area contributed by atoms with Gasteiger partial charge in [0, 0.05) is 11.6 Å². The van der Waals surface area contributed by atoms with E-state index in [1.165, 1.54) is 12.1 Å². The summed E-state index contributed by atoms with van der Waals surface area (Å²) in [5, 5.41) is 11.7. The molecular weight excluding hydrogens is 415 g/mol. The van der Waals surface area contributed by atoms with Gasteiger partial charge in [0.25, 0.3) is 5.56 Å². The van der Waals surface area contributed by atoms with Crippen LogP contribution in [0.15, 0.2) is 71.5 Å². The molecule has 1 aromatic heterocycles. The number of aromatic amines is 1. The Balaban J connectivity index is 1.72. The molecule has 0 saturated carbocycles. The molecule has 0 radical (unpaired) electrons. The fourth-order valence-electron chi connectivity index (χ4n) is 2.98. The highest BCUT2D eigenvalue weighted by atomic mass is 19.4. The lowest BCUT2D eigenvalue weighted by Gasteiger charge is -2.11. The lowest BCUT2D eigenvalue weighted by Crippen LogP contribution is -2.09. The maximum atomic E-state index is 12.9. The molecule has 0 unspecified atom stereocenters. The Labute approximate surface area is 171 Å². The van der Waals surface area contributed by atoms with E-state index in [1.807, 2.05) is 0 Å². The normalized spacial score (nSPS) is 11.5. The summed E-state index contributed by atoms with van der Waals surface area (Å²) < 4.78 is 44.1. The molecule has 0 aliphatic rings. The zero-order chi connectivity index (χ0) is 22.2. The number of benzene rings is 3. The second-order valence-electron chi connectivity index (χ2n) is 6.50. The third-order valence-electron chi connectivity index (χ3n) is 4.43. The molecule has 3 aromatic carbocycles. The van der Waals surface area contributed by atoms with E-state index in [0.717, 1.165) is 6.07 Å². The summed E-state index contributed by atoms with van der Waals surface area (Å²) in [6.45, 7) is 0. The van der Waals surface area contributed by atoms with Gasteiger partial charge in [0.05, 0.1) is 21.4 Å². The van der Waals surface area contributed by atoms with E-state index in [4.69, 9.17) is 4.74 Å². The summed E-state index contributed by atoms with van der Waals surface area (Å²) in [6.07, 6.45) is -4.73. The van der Waals surface area contributed by atoms with Gasteiger partial charge in [0.15, 0.2) is 0 Å². The van der Waals surface area contributed by atoms with Crippen molar-refractivity contribution in [3.05, 3.63) is 92.8 Å². The molecule has 156 valence electrons. The summed E-state index contributed by atoms with van der Waals surface area (Å²) in [4.78, 5) is 29.6. The van der Waals surface area contributed by atoms with Crippen molar-refractivity contribution in [2.45, 2.75) is 6.18 Å². The molecule has 0 amide bonds. The monoisotopic (exact) mass is 427 g/mol. The number of aromatic nitrogens is 2. The third-order valence-corrected chi connectivity index (χ3v) is 4.43. The van der Waals surface area contributed by atoms with Crippen LogP contribution in [0.25, 0.3) is 22.3 Å². The number of ether oxygens (including phenoxy) is 1. The smallest absolute Gasteiger partial charge is 0.416 e. The van der Waals surface area contributed by atoms with Crippen LogP contribution in [0.5, 0.6) is 11.5 Å². The number of rotatable bonds is 4. The van der Waals surface area contributed by atoms with E-state index in [1.54, 1.807) is 36.4 Å². The van der Waals surface area contributed by atoms with E-state index in [0.29, 0.717) is 28.6 Å². The number of alkyl halides is 3. The zero-order valence-electron chi connectivity index (χ0n) is 15.5. The third kappa shape index (κ3) is 4.08. The van der Waals surface area contributed by atoms with Crippen molar-refractivity contribution in [3.8, 4) is 22.9 Å². The van der Waals surface area contributed by atoms with E-state index in [2.05, 4.69) is 9.97 Å². The van der Waals surface area contributed by atoms with Gasteiger partial charge in [-0.3, -0.25) is 14.9 Å². The Kier molecular flexibility index (Phi) is 4.90. The summed E-state index contributed by atoms with van der Waals surface area (Å²) in [6, 6.07) is 14.9. The van der Waals surface area contributed by atoms with Gasteiger partial charge in [0.1, 0.15) is 11.6 Å². The largest absolute Gasteiger partial charge is 0.450 e. The maximum Gasteiger partial charge on any atom is 0.416 e. The van der Waals surface area contributed by atoms with Crippen molar-refractivity contribution in [1.29, 1.82) is 0 Å². The number of fused-ring (bicyclic) bond motifs is 1. The number of nitro groups is 1. The van der Waals surface area contributed by atoms with Crippen LogP contribution in [0.4, 0.5) is 18.9 Å². The summed E-state index contributed by atoms with van der Waals surface area (Å²) in [5.41, 5.74) is -1.39. The van der Waals surface area contributed by atoms with Gasteiger partial charge in [-0.2, -0.15) is 13.2 Å². The molecule has 0 aliphatic heterocycles. The van der Waals surface area contributed by atoms with Crippen LogP contribution in [0.1, 0.15) is 5.56 Å². The Morgan fingerprint density at radius 2 is 1.77 bits per heavy atom. The van der Waals surface area contributed by atoms with E-state index in [-0.39, 0.29) is 22.9 Å². The predicted molar refractivity (Wildman–Crippen MR) is 106 cm³/mol. The van der Waals surface area contributed by atoms with Crippen LogP contribution in [-0.2, 0) is 6.18 Å². The van der Waals surface area contributed by atoms with Gasteiger partial charge in [0.2, 0.25) is 5.75 Å². The number of nitrogens with one attached hydrogen (secondary N) is 1. The lowest BCUT2D eigenvalue weighted by molar-refractivity contribution is -0.385. The van der Waals surface area contributed by atoms with E-state index in [9.17, 15) is 28.1 Å². The topological polar surface area (TPSA) is 98.1 Å². The molecule has 0 bridgehead atoms. The van der Waals surface area contributed by atoms with Crippen molar-refractivity contribution < 1.29 is 22.8 Å². The van der Waals surface area contributed by atoms with Crippen LogP contribution in [-0.4, -0.2) is 14.9 Å². The van der Waals surface area contributed by atoms with Crippen molar-refractivity contribution in [2.75, 3.05) is 0 Å². The van der Waals surface area contributed by atoms with Crippen LogP contribution in [0.3, 0.4) is 0 Å². The summed E-state index contributed by atoms with van der Waals surface area (Å²) >= 11 is 0. The average molecular weight is 427 g/mol. The Hall–Kier alpha value is -4.21. The SMILES string of the molecule is O=c1[nH]c(-c2cccc(Oc3ccc(C(F)(F)F)cc3[N+](=O)[O-])c2)nc2ccccc12. The molecule has 4 aromatic rings. The van der Waals surface area contributed by atoms with Crippen molar-refractivity contribution in [3.63, 3.8) is 0 Å². The summed E-state index contributed by atoms with van der Waals surface area (Å²) in [5.74, 6) is 0.0161. The Bertz CT molecular complexity index is 1370. The molecule has 31 heavy (non-hydrogen) atoms. The number of para-hydroxylation sites is 1. The second kappa shape index (κ2) is 7.56. The first-order chi connectivity index (χ1) is 14.7. The zero-order valence-corrected chi connectivity index (χ0v) is 15.5. The second-order valence-corrected chi connectivity index (χ2v) is 6.50. The first-order valence-corrected chi connectivity index (χ1v) is 8.85. The molecule has 7 nitrogen and oxygen atoms in total. The molecular formula is C21H12F3N3O4. The van der Waals surface area contributed by atoms with Gasteiger partial charge in [-0.25, -0.2) is 4.98 Å². The standard InChI is InChI=1S/C21H12F3N3O4/c22-21(23,24)13-8-9-18(17(11-13)27(29)30)31-14-5-3-4-12(10-14)19-25-16-7-2-1-6-15(16)20(28)26-19/h1-11H,(H,25,26,28). The number of hydrogen-bond acceptors (Lipinski definition) is 5. The van der Waals surface area contributed by atoms with Gasteiger partial charge >= 0.3 is 11.9 Å². The fourth-order valence-corrected chi connectivity index (χ4v) is 2.98. The van der Waals surface area contributed by atoms with Gasteiger partial charge in [-0.1, -0.05) is 24.3 Å². The van der Waals surface area contributed by atoms with Crippen LogP contribution in [0, 0.1) is 10.1 Å². The first kappa shape index (κ1) is 20.1. The maximum absolute atomic E-state index is 12.9. The fraction of sp³-hybridized carbons (Fsp3) is 0.0476. The Morgan fingerprint density at radius 3 is 2.52 bits per heavy atom. The molecule has 0 spiro atoms. The number of halogens is 3. The predicted octanol–water partition coefficient (Wildman–Crippen LogP) is 5.31. The highest BCUT2D eigenvalue weighted by Crippen LogP contribution is 2.38. The molecule has 4 rings (SSSR count).